The lowest BCUT2D eigenvalue weighted by molar-refractivity contribution is 0.406. The number of fused-ring (bicyclic) bond motifs is 1. The van der Waals surface area contributed by atoms with Gasteiger partial charge in [0.05, 0.1) is 25.7 Å². The number of imidazole rings is 2. The van der Waals surface area contributed by atoms with Gasteiger partial charge in [0.1, 0.15) is 11.3 Å². The molecule has 4 aromatic heterocycles. The SMILES string of the molecule is COc1c(C)cnc(Cn2c(=O)n(CCn3ccnc3)c3c(Cl)nc(N)nc32)c1C. The van der Waals surface area contributed by atoms with Gasteiger partial charge in [-0.3, -0.25) is 14.1 Å². The van der Waals surface area contributed by atoms with Crippen LogP contribution in [0.2, 0.25) is 5.15 Å². The highest BCUT2D eigenvalue weighted by Crippen LogP contribution is 2.26. The van der Waals surface area contributed by atoms with Crippen LogP contribution in [0.4, 0.5) is 5.95 Å². The third kappa shape index (κ3) is 3.39. The molecule has 2 N–H and O–H groups in total. The van der Waals surface area contributed by atoms with Gasteiger partial charge in [-0.15, -0.1) is 0 Å². The molecule has 0 saturated heterocycles. The van der Waals surface area contributed by atoms with Crippen molar-refractivity contribution in [2.24, 2.45) is 0 Å². The maximum absolute atomic E-state index is 13.3. The Kier molecular flexibility index (Phi) is 5.17. The topological polar surface area (TPSA) is 119 Å². The molecule has 4 heterocycles. The molecule has 0 atom stereocenters. The van der Waals surface area contributed by atoms with E-state index in [0.717, 1.165) is 16.9 Å². The first-order valence-corrected chi connectivity index (χ1v) is 9.65. The van der Waals surface area contributed by atoms with E-state index in [1.165, 1.54) is 4.57 Å². The number of hydrogen-bond donors (Lipinski definition) is 1. The molecular formula is C19H21ClN8O2. The van der Waals surface area contributed by atoms with Crippen LogP contribution in [0.25, 0.3) is 11.2 Å². The third-order valence-corrected chi connectivity index (χ3v) is 5.29. The molecule has 0 aromatic carbocycles. The maximum atomic E-state index is 13.3. The Morgan fingerprint density at radius 2 is 2.00 bits per heavy atom. The number of nitrogens with zero attached hydrogens (tertiary/aromatic N) is 7. The van der Waals surface area contributed by atoms with Crippen LogP contribution in [0.15, 0.2) is 29.7 Å². The van der Waals surface area contributed by atoms with E-state index in [9.17, 15) is 4.79 Å². The maximum Gasteiger partial charge on any atom is 0.330 e. The minimum absolute atomic E-state index is 0.000762. The Hall–Kier alpha value is -3.40. The van der Waals surface area contributed by atoms with E-state index in [1.54, 1.807) is 30.4 Å². The number of methoxy groups -OCH3 is 1. The molecular weight excluding hydrogens is 408 g/mol. The number of aromatic nitrogens is 7. The number of hydrogen-bond acceptors (Lipinski definition) is 7. The summed E-state index contributed by atoms with van der Waals surface area (Å²) in [5.41, 5.74) is 8.82. The van der Waals surface area contributed by atoms with Crippen molar-refractivity contribution in [3.05, 3.63) is 57.4 Å². The van der Waals surface area contributed by atoms with Crippen LogP contribution in [0, 0.1) is 13.8 Å². The van der Waals surface area contributed by atoms with Crippen LogP contribution in [0.3, 0.4) is 0 Å². The number of anilines is 1. The molecule has 0 bridgehead atoms. The number of pyridine rings is 1. The second-order valence-corrected chi connectivity index (χ2v) is 7.27. The number of aryl methyl sites for hydroxylation is 3. The molecule has 156 valence electrons. The summed E-state index contributed by atoms with van der Waals surface area (Å²) >= 11 is 6.36. The summed E-state index contributed by atoms with van der Waals surface area (Å²) in [7, 11) is 1.61. The highest BCUT2D eigenvalue weighted by molar-refractivity contribution is 6.33. The first-order chi connectivity index (χ1) is 14.4. The highest BCUT2D eigenvalue weighted by Gasteiger charge is 2.21. The van der Waals surface area contributed by atoms with Crippen molar-refractivity contribution in [2.45, 2.75) is 33.5 Å². The fourth-order valence-electron chi connectivity index (χ4n) is 3.55. The number of nitrogens with two attached hydrogens (primary N) is 1. The Morgan fingerprint density at radius 1 is 1.20 bits per heavy atom. The van der Waals surface area contributed by atoms with Gasteiger partial charge in [-0.2, -0.15) is 9.97 Å². The number of nitrogen functional groups attached to an aromatic ring is 1. The van der Waals surface area contributed by atoms with Crippen LogP contribution in [0.1, 0.15) is 16.8 Å². The van der Waals surface area contributed by atoms with Crippen LogP contribution >= 0.6 is 11.6 Å². The first kappa shape index (κ1) is 19.9. The summed E-state index contributed by atoms with van der Waals surface area (Å²) < 4.78 is 10.4. The molecule has 0 aliphatic rings. The lowest BCUT2D eigenvalue weighted by Crippen LogP contribution is -2.26. The van der Waals surface area contributed by atoms with Gasteiger partial charge in [-0.25, -0.2) is 9.78 Å². The molecule has 10 nitrogen and oxygen atoms in total. The summed E-state index contributed by atoms with van der Waals surface area (Å²) in [6, 6.07) is 0. The molecule has 0 fully saturated rings. The van der Waals surface area contributed by atoms with Crippen molar-refractivity contribution in [2.75, 3.05) is 12.8 Å². The molecule has 4 aromatic rings. The zero-order valence-electron chi connectivity index (χ0n) is 16.8. The number of ether oxygens (including phenoxy) is 1. The van der Waals surface area contributed by atoms with E-state index in [0.29, 0.717) is 29.9 Å². The van der Waals surface area contributed by atoms with Gasteiger partial charge < -0.3 is 15.0 Å². The number of rotatable bonds is 6. The predicted octanol–water partition coefficient (Wildman–Crippen LogP) is 1.79. The standard InChI is InChI=1S/C19H21ClN8O2/c1-11-8-23-13(12(2)15(11)30-3)9-28-17-14(16(20)24-18(21)25-17)27(19(28)29)7-6-26-5-4-22-10-26/h4-5,8,10H,6-7,9H2,1-3H3,(H2,21,24,25). The van der Waals surface area contributed by atoms with Crippen LogP contribution in [0.5, 0.6) is 5.75 Å². The summed E-state index contributed by atoms with van der Waals surface area (Å²) in [6.45, 7) is 4.94. The second-order valence-electron chi connectivity index (χ2n) is 6.91. The largest absolute Gasteiger partial charge is 0.496 e. The molecule has 0 unspecified atom stereocenters. The molecule has 11 heteroatoms. The molecule has 0 aliphatic carbocycles. The second kappa shape index (κ2) is 7.79. The van der Waals surface area contributed by atoms with Crippen molar-refractivity contribution in [1.29, 1.82) is 0 Å². The highest BCUT2D eigenvalue weighted by atomic mass is 35.5. The molecule has 30 heavy (non-hydrogen) atoms. The van der Waals surface area contributed by atoms with E-state index in [-0.39, 0.29) is 23.3 Å². The van der Waals surface area contributed by atoms with Crippen molar-refractivity contribution in [3.8, 4) is 5.75 Å². The van der Waals surface area contributed by atoms with Gasteiger partial charge >= 0.3 is 5.69 Å². The minimum Gasteiger partial charge on any atom is -0.496 e. The summed E-state index contributed by atoms with van der Waals surface area (Å²) in [5.74, 6) is 0.739. The molecule has 0 amide bonds. The Labute approximate surface area is 176 Å². The molecule has 0 saturated carbocycles. The van der Waals surface area contributed by atoms with Gasteiger partial charge in [0.15, 0.2) is 10.8 Å². The summed E-state index contributed by atoms with van der Waals surface area (Å²) in [4.78, 5) is 30.2. The fourth-order valence-corrected chi connectivity index (χ4v) is 3.82. The van der Waals surface area contributed by atoms with Crippen molar-refractivity contribution in [3.63, 3.8) is 0 Å². The Bertz CT molecular complexity index is 1280. The average molecular weight is 429 g/mol. The van der Waals surface area contributed by atoms with Crippen LogP contribution in [-0.4, -0.2) is 40.7 Å². The minimum atomic E-state index is -0.271. The Morgan fingerprint density at radius 3 is 2.70 bits per heavy atom. The molecule has 0 aliphatic heterocycles. The zero-order chi connectivity index (χ0) is 21.4. The van der Waals surface area contributed by atoms with E-state index in [1.807, 2.05) is 24.6 Å². The third-order valence-electron chi connectivity index (χ3n) is 5.03. The van der Waals surface area contributed by atoms with Crippen LogP contribution < -0.4 is 16.2 Å². The molecule has 4 rings (SSSR count). The number of halogens is 1. The van der Waals surface area contributed by atoms with E-state index in [4.69, 9.17) is 22.1 Å². The van der Waals surface area contributed by atoms with Gasteiger partial charge in [0.25, 0.3) is 0 Å². The smallest absolute Gasteiger partial charge is 0.330 e. The normalized spacial score (nSPS) is 11.3. The van der Waals surface area contributed by atoms with Gasteiger partial charge in [-0.05, 0) is 13.8 Å². The monoisotopic (exact) mass is 428 g/mol. The van der Waals surface area contributed by atoms with Gasteiger partial charge in [0.2, 0.25) is 5.95 Å². The zero-order valence-corrected chi connectivity index (χ0v) is 17.6. The average Bonchev–Trinajstić information content (AvgIpc) is 3.30. The van der Waals surface area contributed by atoms with Crippen LogP contribution in [-0.2, 0) is 19.6 Å². The Balaban J connectivity index is 1.84. The summed E-state index contributed by atoms with van der Waals surface area (Å²) in [5, 5.41) is 0.130. The van der Waals surface area contributed by atoms with E-state index < -0.39 is 0 Å². The van der Waals surface area contributed by atoms with Crippen molar-refractivity contribution >= 4 is 28.7 Å². The van der Waals surface area contributed by atoms with Gasteiger partial charge in [0, 0.05) is 42.8 Å². The van der Waals surface area contributed by atoms with E-state index in [2.05, 4.69) is 19.9 Å². The first-order valence-electron chi connectivity index (χ1n) is 9.27. The molecule has 0 radical (unpaired) electrons. The fraction of sp³-hybridized carbons (Fsp3) is 0.316. The van der Waals surface area contributed by atoms with E-state index >= 15 is 0 Å². The van der Waals surface area contributed by atoms with Crippen molar-refractivity contribution < 1.29 is 4.74 Å². The molecule has 0 spiro atoms. The van der Waals surface area contributed by atoms with Gasteiger partial charge in [-0.1, -0.05) is 11.6 Å². The summed E-state index contributed by atoms with van der Waals surface area (Å²) in [6.07, 6.45) is 6.92. The lowest BCUT2D eigenvalue weighted by atomic mass is 10.1. The predicted molar refractivity (Wildman–Crippen MR) is 113 cm³/mol. The lowest BCUT2D eigenvalue weighted by Gasteiger charge is -2.12. The van der Waals surface area contributed by atoms with Crippen molar-refractivity contribution in [1.82, 2.24) is 33.6 Å². The quantitative estimate of drug-likeness (QED) is 0.465.